The van der Waals surface area contributed by atoms with E-state index in [0.717, 1.165) is 0 Å². The molecule has 7 heteroatoms. The standard InChI is InChI=1S/C18H13Cl2FN2O2/c1-2-25-18(24)16-15(21)17(11-3-5-12(19)6-4-11)23(22-16)14-9-7-13(20)8-10-14/h3-10H,2H2,1H3. The predicted molar refractivity (Wildman–Crippen MR) is 94.9 cm³/mol. The first kappa shape index (κ1) is 17.5. The smallest absolute Gasteiger partial charge is 0.361 e. The minimum absolute atomic E-state index is 0.127. The van der Waals surface area contributed by atoms with Crippen molar-refractivity contribution in [3.05, 3.63) is 70.1 Å². The van der Waals surface area contributed by atoms with Crippen molar-refractivity contribution in [3.63, 3.8) is 0 Å². The molecule has 25 heavy (non-hydrogen) atoms. The van der Waals surface area contributed by atoms with Crippen LogP contribution in [0.5, 0.6) is 0 Å². The maximum absolute atomic E-state index is 15.0. The molecule has 0 aliphatic heterocycles. The zero-order chi connectivity index (χ0) is 18.0. The Morgan fingerprint density at radius 3 is 2.20 bits per heavy atom. The second kappa shape index (κ2) is 7.25. The lowest BCUT2D eigenvalue weighted by Gasteiger charge is -2.08. The van der Waals surface area contributed by atoms with Gasteiger partial charge in [0.25, 0.3) is 0 Å². The van der Waals surface area contributed by atoms with Crippen molar-refractivity contribution in [3.8, 4) is 16.9 Å². The number of aromatic nitrogens is 2. The molecule has 4 nitrogen and oxygen atoms in total. The highest BCUT2D eigenvalue weighted by Gasteiger charge is 2.26. The van der Waals surface area contributed by atoms with E-state index >= 15 is 0 Å². The average molecular weight is 379 g/mol. The van der Waals surface area contributed by atoms with Crippen molar-refractivity contribution in [2.24, 2.45) is 0 Å². The summed E-state index contributed by atoms with van der Waals surface area (Å²) in [6.45, 7) is 1.77. The van der Waals surface area contributed by atoms with Crippen molar-refractivity contribution in [1.82, 2.24) is 9.78 Å². The topological polar surface area (TPSA) is 44.1 Å². The fourth-order valence-corrected chi connectivity index (χ4v) is 2.61. The third-order valence-corrected chi connectivity index (χ3v) is 3.99. The van der Waals surface area contributed by atoms with Crippen LogP contribution in [0.2, 0.25) is 10.0 Å². The molecular formula is C18H13Cl2FN2O2. The Bertz CT molecular complexity index is 906. The zero-order valence-corrected chi connectivity index (χ0v) is 14.7. The van der Waals surface area contributed by atoms with Crippen LogP contribution in [0.1, 0.15) is 17.4 Å². The first-order valence-electron chi connectivity index (χ1n) is 7.48. The van der Waals surface area contributed by atoms with Crippen molar-refractivity contribution in [1.29, 1.82) is 0 Å². The van der Waals surface area contributed by atoms with E-state index in [2.05, 4.69) is 5.10 Å². The van der Waals surface area contributed by atoms with E-state index in [4.69, 9.17) is 27.9 Å². The van der Waals surface area contributed by atoms with Gasteiger partial charge in [-0.15, -0.1) is 0 Å². The Balaban J connectivity index is 2.21. The Hall–Kier alpha value is -2.37. The van der Waals surface area contributed by atoms with Gasteiger partial charge in [-0.05, 0) is 43.3 Å². The quantitative estimate of drug-likeness (QED) is 0.588. The number of esters is 1. The van der Waals surface area contributed by atoms with Crippen molar-refractivity contribution in [2.75, 3.05) is 6.61 Å². The fourth-order valence-electron chi connectivity index (χ4n) is 2.35. The Morgan fingerprint density at radius 2 is 1.64 bits per heavy atom. The van der Waals surface area contributed by atoms with Gasteiger partial charge in [0.2, 0.25) is 5.69 Å². The Labute approximate surface area is 153 Å². The van der Waals surface area contributed by atoms with E-state index in [1.165, 1.54) is 4.68 Å². The Morgan fingerprint density at radius 1 is 1.08 bits per heavy atom. The van der Waals surface area contributed by atoms with Crippen molar-refractivity contribution < 1.29 is 13.9 Å². The normalized spacial score (nSPS) is 10.7. The van der Waals surface area contributed by atoms with Crippen LogP contribution in [0.25, 0.3) is 16.9 Å². The first-order chi connectivity index (χ1) is 12.0. The SMILES string of the molecule is CCOC(=O)c1nn(-c2ccc(Cl)cc2)c(-c2ccc(Cl)cc2)c1F. The van der Waals surface area contributed by atoms with Crippen LogP contribution in [0.3, 0.4) is 0 Å². The van der Waals surface area contributed by atoms with Crippen LogP contribution >= 0.6 is 23.2 Å². The molecule has 3 aromatic rings. The maximum Gasteiger partial charge on any atom is 0.361 e. The van der Waals surface area contributed by atoms with Gasteiger partial charge in [-0.3, -0.25) is 0 Å². The molecule has 0 N–H and O–H groups in total. The summed E-state index contributed by atoms with van der Waals surface area (Å²) in [6.07, 6.45) is 0. The molecule has 1 aromatic heterocycles. The zero-order valence-electron chi connectivity index (χ0n) is 13.2. The summed E-state index contributed by atoms with van der Waals surface area (Å²) >= 11 is 11.8. The maximum atomic E-state index is 15.0. The van der Waals surface area contributed by atoms with Gasteiger partial charge in [0.15, 0.2) is 5.82 Å². The number of benzene rings is 2. The molecule has 0 aliphatic carbocycles. The highest BCUT2D eigenvalue weighted by atomic mass is 35.5. The van der Waals surface area contributed by atoms with E-state index in [0.29, 0.717) is 21.3 Å². The molecular weight excluding hydrogens is 366 g/mol. The number of ether oxygens (including phenoxy) is 1. The lowest BCUT2D eigenvalue weighted by Crippen LogP contribution is -2.08. The number of carbonyl (C=O) groups excluding carboxylic acids is 1. The average Bonchev–Trinajstić information content (AvgIpc) is 2.94. The van der Waals surface area contributed by atoms with Crippen LogP contribution in [-0.4, -0.2) is 22.4 Å². The second-order valence-electron chi connectivity index (χ2n) is 5.13. The summed E-state index contributed by atoms with van der Waals surface area (Å²) in [5.74, 6) is -1.57. The molecule has 0 aliphatic rings. The van der Waals surface area contributed by atoms with Crippen molar-refractivity contribution >= 4 is 29.2 Å². The molecule has 0 radical (unpaired) electrons. The van der Waals surface area contributed by atoms with E-state index < -0.39 is 11.8 Å². The highest BCUT2D eigenvalue weighted by Crippen LogP contribution is 2.29. The van der Waals surface area contributed by atoms with Gasteiger partial charge in [0, 0.05) is 15.6 Å². The van der Waals surface area contributed by atoms with Crippen LogP contribution in [0.4, 0.5) is 4.39 Å². The highest BCUT2D eigenvalue weighted by molar-refractivity contribution is 6.30. The molecule has 0 unspecified atom stereocenters. The van der Waals surface area contributed by atoms with Gasteiger partial charge in [0.05, 0.1) is 12.3 Å². The number of hydrogen-bond donors (Lipinski definition) is 0. The number of carbonyl (C=O) groups is 1. The molecule has 1 heterocycles. The summed E-state index contributed by atoms with van der Waals surface area (Å²) in [5, 5.41) is 5.18. The molecule has 3 rings (SSSR count). The van der Waals surface area contributed by atoms with E-state index in [-0.39, 0.29) is 18.0 Å². The second-order valence-corrected chi connectivity index (χ2v) is 6.00. The summed E-state index contributed by atoms with van der Waals surface area (Å²) in [4.78, 5) is 12.0. The summed E-state index contributed by atoms with van der Waals surface area (Å²) < 4.78 is 21.2. The summed E-state index contributed by atoms with van der Waals surface area (Å²) in [5.41, 5.74) is 0.854. The molecule has 0 spiro atoms. The largest absolute Gasteiger partial charge is 0.461 e. The van der Waals surface area contributed by atoms with Crippen LogP contribution in [-0.2, 0) is 4.74 Å². The molecule has 0 saturated carbocycles. The Kier molecular flexibility index (Phi) is 5.06. The third kappa shape index (κ3) is 3.52. The first-order valence-corrected chi connectivity index (χ1v) is 8.24. The van der Waals surface area contributed by atoms with E-state index in [1.807, 2.05) is 0 Å². The van der Waals surface area contributed by atoms with Crippen LogP contribution < -0.4 is 0 Å². The monoisotopic (exact) mass is 378 g/mol. The van der Waals surface area contributed by atoms with E-state index in [1.54, 1.807) is 55.5 Å². The van der Waals surface area contributed by atoms with Gasteiger partial charge in [-0.1, -0.05) is 35.3 Å². The van der Waals surface area contributed by atoms with E-state index in [9.17, 15) is 9.18 Å². The van der Waals surface area contributed by atoms with Gasteiger partial charge < -0.3 is 4.74 Å². The number of nitrogens with zero attached hydrogens (tertiary/aromatic N) is 2. The van der Waals surface area contributed by atoms with Gasteiger partial charge in [0.1, 0.15) is 5.69 Å². The number of rotatable bonds is 4. The minimum atomic E-state index is -0.817. The molecule has 0 fully saturated rings. The summed E-state index contributed by atoms with van der Waals surface area (Å²) in [6, 6.07) is 13.3. The summed E-state index contributed by atoms with van der Waals surface area (Å²) in [7, 11) is 0. The molecule has 0 amide bonds. The predicted octanol–water partition coefficient (Wildman–Crippen LogP) is 5.16. The molecule has 0 saturated heterocycles. The lowest BCUT2D eigenvalue weighted by molar-refractivity contribution is 0.0513. The van der Waals surface area contributed by atoms with Crippen molar-refractivity contribution in [2.45, 2.75) is 6.92 Å². The fraction of sp³-hybridized carbons (Fsp3) is 0.111. The molecule has 0 atom stereocenters. The third-order valence-electron chi connectivity index (χ3n) is 3.49. The number of halogens is 3. The van der Waals surface area contributed by atoms with Gasteiger partial charge in [-0.2, -0.15) is 5.10 Å². The minimum Gasteiger partial charge on any atom is -0.461 e. The molecule has 128 valence electrons. The molecule has 0 bridgehead atoms. The lowest BCUT2D eigenvalue weighted by atomic mass is 10.1. The van der Waals surface area contributed by atoms with Gasteiger partial charge >= 0.3 is 5.97 Å². The molecule has 2 aromatic carbocycles. The van der Waals surface area contributed by atoms with Crippen LogP contribution in [0.15, 0.2) is 48.5 Å². The van der Waals surface area contributed by atoms with Gasteiger partial charge in [-0.25, -0.2) is 13.9 Å². The van der Waals surface area contributed by atoms with Crippen LogP contribution in [0, 0.1) is 5.82 Å². The number of hydrogen-bond acceptors (Lipinski definition) is 3.